The van der Waals surface area contributed by atoms with E-state index in [2.05, 4.69) is 26.3 Å². The van der Waals surface area contributed by atoms with E-state index in [9.17, 15) is 10.1 Å². The van der Waals surface area contributed by atoms with E-state index >= 15 is 0 Å². The number of H-pyrrole nitrogens is 1. The number of benzene rings is 1. The van der Waals surface area contributed by atoms with E-state index in [1.807, 2.05) is 37.4 Å². The Labute approximate surface area is 174 Å². The van der Waals surface area contributed by atoms with Gasteiger partial charge in [-0.15, -0.1) is 11.3 Å². The highest BCUT2D eigenvalue weighted by atomic mass is 32.1. The van der Waals surface area contributed by atoms with Crippen molar-refractivity contribution in [1.82, 2.24) is 25.0 Å². The molecule has 0 saturated heterocycles. The normalized spacial score (nSPS) is 11.2. The summed E-state index contributed by atoms with van der Waals surface area (Å²) >= 11 is 1.55. The lowest BCUT2D eigenvalue weighted by molar-refractivity contribution is 0.777. The third-order valence-electron chi connectivity index (χ3n) is 5.07. The lowest BCUT2D eigenvalue weighted by atomic mass is 10.0. The van der Waals surface area contributed by atoms with Crippen LogP contribution in [-0.4, -0.2) is 25.0 Å². The molecule has 0 aliphatic carbocycles. The lowest BCUT2D eigenvalue weighted by Crippen LogP contribution is -2.14. The van der Waals surface area contributed by atoms with Gasteiger partial charge in [0.2, 0.25) is 0 Å². The Kier molecular flexibility index (Phi) is 4.17. The fourth-order valence-electron chi connectivity index (χ4n) is 3.64. The zero-order valence-electron chi connectivity index (χ0n) is 15.9. The molecule has 0 bridgehead atoms. The molecule has 0 aliphatic rings. The molecule has 0 spiro atoms. The van der Waals surface area contributed by atoms with Crippen LogP contribution < -0.4 is 11.3 Å². The van der Waals surface area contributed by atoms with Crippen molar-refractivity contribution in [3.63, 3.8) is 0 Å². The number of aryl methyl sites for hydroxylation is 1. The van der Waals surface area contributed by atoms with Crippen molar-refractivity contribution in [2.45, 2.75) is 6.54 Å². The number of nitrogens with one attached hydrogen (secondary N) is 1. The molecule has 5 aromatic rings. The van der Waals surface area contributed by atoms with E-state index in [1.54, 1.807) is 28.4 Å². The molecule has 30 heavy (non-hydrogen) atoms. The summed E-state index contributed by atoms with van der Waals surface area (Å²) in [6.07, 6.45) is 3.38. The topological polar surface area (TPSA) is 126 Å². The number of aromatic nitrogens is 5. The number of hydrogen-bond donors (Lipinski definition) is 2. The first-order valence-electron chi connectivity index (χ1n) is 9.14. The molecular weight excluding hydrogens is 398 g/mol. The summed E-state index contributed by atoms with van der Waals surface area (Å²) in [6.45, 7) is 0.174. The predicted octanol–water partition coefficient (Wildman–Crippen LogP) is 2.93. The number of nitriles is 1. The van der Waals surface area contributed by atoms with E-state index < -0.39 is 0 Å². The third kappa shape index (κ3) is 2.62. The molecule has 0 saturated carbocycles. The second kappa shape index (κ2) is 6.88. The maximum Gasteiger partial charge on any atom is 0.290 e. The number of fused-ring (bicyclic) bond motifs is 2. The fraction of sp³-hybridized carbons (Fsp3) is 0.0952. The van der Waals surface area contributed by atoms with Crippen LogP contribution in [0.25, 0.3) is 42.7 Å². The summed E-state index contributed by atoms with van der Waals surface area (Å²) in [5.41, 5.74) is 9.31. The van der Waals surface area contributed by atoms with E-state index in [1.165, 1.54) is 0 Å². The number of aromatic amines is 1. The minimum Gasteiger partial charge on any atom is -0.325 e. The van der Waals surface area contributed by atoms with Gasteiger partial charge in [-0.3, -0.25) is 9.48 Å². The molecule has 4 heterocycles. The predicted molar refractivity (Wildman–Crippen MR) is 116 cm³/mol. The SMILES string of the molecule is Cn1ncc(-c2cnc3c(=O)[nH]nc(CN)c3c2)c1-c1sc2ccccc2c1C#N. The molecule has 8 nitrogen and oxygen atoms in total. The van der Waals surface area contributed by atoms with Gasteiger partial charge in [0.05, 0.1) is 28.0 Å². The molecule has 0 amide bonds. The van der Waals surface area contributed by atoms with Crippen molar-refractivity contribution in [2.24, 2.45) is 12.8 Å². The van der Waals surface area contributed by atoms with Crippen LogP contribution >= 0.6 is 11.3 Å². The monoisotopic (exact) mass is 413 g/mol. The highest BCUT2D eigenvalue weighted by Gasteiger charge is 2.21. The number of pyridine rings is 1. The summed E-state index contributed by atoms with van der Waals surface area (Å²) < 4.78 is 2.79. The van der Waals surface area contributed by atoms with Gasteiger partial charge < -0.3 is 5.73 Å². The van der Waals surface area contributed by atoms with Crippen LogP contribution in [0, 0.1) is 11.3 Å². The zero-order valence-corrected chi connectivity index (χ0v) is 16.7. The van der Waals surface area contributed by atoms with Crippen molar-refractivity contribution in [1.29, 1.82) is 5.26 Å². The van der Waals surface area contributed by atoms with Crippen LogP contribution in [0.3, 0.4) is 0 Å². The maximum atomic E-state index is 12.1. The molecule has 0 atom stereocenters. The highest BCUT2D eigenvalue weighted by Crippen LogP contribution is 2.42. The average Bonchev–Trinajstić information content (AvgIpc) is 3.33. The number of nitrogens with zero attached hydrogens (tertiary/aromatic N) is 5. The quantitative estimate of drug-likeness (QED) is 0.468. The van der Waals surface area contributed by atoms with Gasteiger partial charge in [-0.2, -0.15) is 15.5 Å². The molecule has 1 aromatic carbocycles. The summed E-state index contributed by atoms with van der Waals surface area (Å²) in [4.78, 5) is 17.3. The minimum atomic E-state index is -0.364. The number of rotatable bonds is 3. The molecule has 5 rings (SSSR count). The summed E-state index contributed by atoms with van der Waals surface area (Å²) in [6, 6.07) is 12.0. The van der Waals surface area contributed by atoms with Gasteiger partial charge in [-0.05, 0) is 12.1 Å². The van der Waals surface area contributed by atoms with E-state index in [0.717, 1.165) is 31.8 Å². The molecule has 0 unspecified atom stereocenters. The van der Waals surface area contributed by atoms with Gasteiger partial charge >= 0.3 is 0 Å². The number of hydrogen-bond acceptors (Lipinski definition) is 7. The third-order valence-corrected chi connectivity index (χ3v) is 6.25. The number of nitrogens with two attached hydrogens (primary N) is 1. The van der Waals surface area contributed by atoms with E-state index in [-0.39, 0.29) is 12.1 Å². The molecule has 146 valence electrons. The smallest absolute Gasteiger partial charge is 0.290 e. The lowest BCUT2D eigenvalue weighted by Gasteiger charge is -2.07. The van der Waals surface area contributed by atoms with Crippen LogP contribution in [0.4, 0.5) is 0 Å². The van der Waals surface area contributed by atoms with Gasteiger partial charge in [0.15, 0.2) is 0 Å². The van der Waals surface area contributed by atoms with Crippen LogP contribution in [-0.2, 0) is 13.6 Å². The molecule has 3 N–H and O–H groups in total. The van der Waals surface area contributed by atoms with Gasteiger partial charge in [-0.25, -0.2) is 10.1 Å². The second-order valence-corrected chi connectivity index (χ2v) is 7.82. The minimum absolute atomic E-state index is 0.174. The van der Waals surface area contributed by atoms with Crippen LogP contribution in [0.2, 0.25) is 0 Å². The molecule has 9 heteroatoms. The van der Waals surface area contributed by atoms with Crippen molar-refractivity contribution in [3.8, 4) is 27.8 Å². The molecule has 0 fully saturated rings. The Morgan fingerprint density at radius 1 is 1.27 bits per heavy atom. The van der Waals surface area contributed by atoms with Crippen LogP contribution in [0.1, 0.15) is 11.3 Å². The molecule has 0 aliphatic heterocycles. The Hall–Kier alpha value is -3.87. The van der Waals surface area contributed by atoms with Gasteiger partial charge in [0.1, 0.15) is 11.6 Å². The van der Waals surface area contributed by atoms with Gasteiger partial charge in [-0.1, -0.05) is 18.2 Å². The van der Waals surface area contributed by atoms with E-state index in [4.69, 9.17) is 5.73 Å². The Morgan fingerprint density at radius 2 is 2.10 bits per heavy atom. The zero-order chi connectivity index (χ0) is 20.8. The van der Waals surface area contributed by atoms with E-state index in [0.29, 0.717) is 22.2 Å². The fourth-order valence-corrected chi connectivity index (χ4v) is 4.88. The van der Waals surface area contributed by atoms with Crippen molar-refractivity contribution < 1.29 is 0 Å². The molecular formula is C21H15N7OS. The van der Waals surface area contributed by atoms with Crippen molar-refractivity contribution >= 4 is 32.3 Å². The Morgan fingerprint density at radius 3 is 2.90 bits per heavy atom. The summed E-state index contributed by atoms with van der Waals surface area (Å²) in [7, 11) is 1.84. The molecule has 4 aromatic heterocycles. The van der Waals surface area contributed by atoms with Gasteiger partial charge in [0.25, 0.3) is 5.56 Å². The average molecular weight is 413 g/mol. The Bertz CT molecular complexity index is 1540. The van der Waals surface area contributed by atoms with Crippen LogP contribution in [0.5, 0.6) is 0 Å². The first-order chi connectivity index (χ1) is 14.6. The first kappa shape index (κ1) is 18.2. The highest BCUT2D eigenvalue weighted by molar-refractivity contribution is 7.22. The Balaban J connectivity index is 1.79. The molecule has 0 radical (unpaired) electrons. The maximum absolute atomic E-state index is 12.1. The first-order valence-corrected chi connectivity index (χ1v) is 9.95. The summed E-state index contributed by atoms with van der Waals surface area (Å²) in [5.74, 6) is 0. The standard InChI is InChI=1S/C21H15N7OS/c1-28-19(20-14(7-22)12-4-2-3-5-17(12)30-20)15(10-25-28)11-6-13-16(8-23)26-27-21(29)18(13)24-9-11/h2-6,9-10H,8,23H2,1H3,(H,27,29). The van der Waals surface area contributed by atoms with Crippen molar-refractivity contribution in [2.75, 3.05) is 0 Å². The van der Waals surface area contributed by atoms with Crippen molar-refractivity contribution in [3.05, 3.63) is 64.3 Å². The van der Waals surface area contributed by atoms with Crippen LogP contribution in [0.15, 0.2) is 47.5 Å². The van der Waals surface area contributed by atoms with Gasteiger partial charge in [0, 0.05) is 46.4 Å². The summed E-state index contributed by atoms with van der Waals surface area (Å²) in [5, 5.41) is 22.3. The number of thiophene rings is 1. The largest absolute Gasteiger partial charge is 0.325 e. The second-order valence-electron chi connectivity index (χ2n) is 6.77.